The topological polar surface area (TPSA) is 45.5 Å². The lowest BCUT2D eigenvalue weighted by molar-refractivity contribution is 0.184. The standard InChI is InChI=1S/C18H25FN2O2/c1-11-14-9-13(19)7-8-15(14)23-16(11)12(2)20-17(22)21(6)10-18(3,4)5/h7-9,12H,10H2,1-6H3,(H,20,22). The summed E-state index contributed by atoms with van der Waals surface area (Å²) < 4.78 is 19.2. The summed E-state index contributed by atoms with van der Waals surface area (Å²) in [5, 5.41) is 3.67. The zero-order valence-electron chi connectivity index (χ0n) is 14.7. The first-order valence-corrected chi connectivity index (χ1v) is 7.78. The van der Waals surface area contributed by atoms with Crippen molar-refractivity contribution in [1.29, 1.82) is 0 Å². The summed E-state index contributed by atoms with van der Waals surface area (Å²) in [5.41, 5.74) is 1.51. The number of rotatable bonds is 3. The molecule has 1 unspecified atom stereocenters. The summed E-state index contributed by atoms with van der Waals surface area (Å²) in [7, 11) is 1.77. The predicted octanol–water partition coefficient (Wildman–Crippen LogP) is 4.63. The van der Waals surface area contributed by atoms with E-state index < -0.39 is 0 Å². The van der Waals surface area contributed by atoms with Crippen LogP contribution in [0.3, 0.4) is 0 Å². The van der Waals surface area contributed by atoms with Gasteiger partial charge in [-0.25, -0.2) is 9.18 Å². The lowest BCUT2D eigenvalue weighted by atomic mass is 9.96. The van der Waals surface area contributed by atoms with Crippen LogP contribution in [0.1, 0.15) is 45.1 Å². The third-order valence-corrected chi connectivity index (χ3v) is 3.73. The fraction of sp³-hybridized carbons (Fsp3) is 0.500. The first-order chi connectivity index (χ1) is 10.6. The van der Waals surface area contributed by atoms with Crippen LogP contribution in [0.4, 0.5) is 9.18 Å². The largest absolute Gasteiger partial charge is 0.459 e. The van der Waals surface area contributed by atoms with Gasteiger partial charge in [-0.3, -0.25) is 0 Å². The van der Waals surface area contributed by atoms with E-state index in [1.54, 1.807) is 18.0 Å². The SMILES string of the molecule is Cc1c(C(C)NC(=O)N(C)CC(C)(C)C)oc2ccc(F)cc12. The van der Waals surface area contributed by atoms with Crippen molar-refractivity contribution in [2.75, 3.05) is 13.6 Å². The molecule has 23 heavy (non-hydrogen) atoms. The second-order valence-electron chi connectivity index (χ2n) is 7.32. The van der Waals surface area contributed by atoms with Gasteiger partial charge in [-0.1, -0.05) is 20.8 Å². The molecule has 0 fully saturated rings. The van der Waals surface area contributed by atoms with Crippen LogP contribution in [0.25, 0.3) is 11.0 Å². The van der Waals surface area contributed by atoms with E-state index in [1.807, 2.05) is 13.8 Å². The third kappa shape index (κ3) is 4.03. The number of halogens is 1. The number of carbonyl (C=O) groups excluding carboxylic acids is 1. The van der Waals surface area contributed by atoms with Gasteiger partial charge in [-0.05, 0) is 37.5 Å². The number of urea groups is 1. The molecule has 1 N–H and O–H groups in total. The van der Waals surface area contributed by atoms with E-state index in [0.717, 1.165) is 10.9 Å². The molecule has 5 heteroatoms. The van der Waals surface area contributed by atoms with E-state index >= 15 is 0 Å². The number of aryl methyl sites for hydroxylation is 1. The quantitative estimate of drug-likeness (QED) is 0.896. The maximum absolute atomic E-state index is 13.4. The van der Waals surface area contributed by atoms with E-state index in [2.05, 4.69) is 26.1 Å². The van der Waals surface area contributed by atoms with Crippen LogP contribution >= 0.6 is 0 Å². The molecule has 0 aliphatic rings. The Kier molecular flexibility index (Phi) is 4.68. The zero-order valence-corrected chi connectivity index (χ0v) is 14.7. The molecule has 0 saturated carbocycles. The number of amides is 2. The minimum atomic E-state index is -0.297. The van der Waals surface area contributed by atoms with Gasteiger partial charge in [0.1, 0.15) is 17.2 Å². The molecule has 1 heterocycles. The highest BCUT2D eigenvalue weighted by molar-refractivity contribution is 5.82. The van der Waals surface area contributed by atoms with Crippen LogP contribution in [0.15, 0.2) is 22.6 Å². The zero-order chi connectivity index (χ0) is 17.4. The Labute approximate surface area is 136 Å². The van der Waals surface area contributed by atoms with Gasteiger partial charge in [0.25, 0.3) is 0 Å². The Morgan fingerprint density at radius 2 is 2.04 bits per heavy atom. The van der Waals surface area contributed by atoms with E-state index in [-0.39, 0.29) is 23.3 Å². The summed E-state index contributed by atoms with van der Waals surface area (Å²) in [6.07, 6.45) is 0. The van der Waals surface area contributed by atoms with Crippen molar-refractivity contribution in [1.82, 2.24) is 10.2 Å². The van der Waals surface area contributed by atoms with Crippen molar-refractivity contribution in [2.45, 2.75) is 40.7 Å². The van der Waals surface area contributed by atoms with Gasteiger partial charge in [0, 0.05) is 24.5 Å². The molecular weight excluding hydrogens is 295 g/mol. The number of benzene rings is 1. The van der Waals surface area contributed by atoms with E-state index in [0.29, 0.717) is 17.9 Å². The summed E-state index contributed by atoms with van der Waals surface area (Å²) >= 11 is 0. The fourth-order valence-electron chi connectivity index (χ4n) is 2.77. The smallest absolute Gasteiger partial charge is 0.317 e. The highest BCUT2D eigenvalue weighted by Gasteiger charge is 2.22. The number of hydrogen-bond acceptors (Lipinski definition) is 2. The summed E-state index contributed by atoms with van der Waals surface area (Å²) in [4.78, 5) is 14.0. The van der Waals surface area contributed by atoms with Gasteiger partial charge >= 0.3 is 6.03 Å². The van der Waals surface area contributed by atoms with Gasteiger partial charge < -0.3 is 14.6 Å². The van der Waals surface area contributed by atoms with E-state index in [1.165, 1.54) is 12.1 Å². The average molecular weight is 320 g/mol. The van der Waals surface area contributed by atoms with Crippen molar-refractivity contribution in [2.24, 2.45) is 5.41 Å². The maximum Gasteiger partial charge on any atom is 0.317 e. The number of carbonyl (C=O) groups is 1. The number of nitrogens with zero attached hydrogens (tertiary/aromatic N) is 1. The summed E-state index contributed by atoms with van der Waals surface area (Å²) in [5.74, 6) is 0.359. The van der Waals surface area contributed by atoms with Gasteiger partial charge in [-0.2, -0.15) is 0 Å². The van der Waals surface area contributed by atoms with E-state index in [4.69, 9.17) is 4.42 Å². The Hall–Kier alpha value is -2.04. The molecule has 0 radical (unpaired) electrons. The highest BCUT2D eigenvalue weighted by atomic mass is 19.1. The first-order valence-electron chi connectivity index (χ1n) is 7.78. The van der Waals surface area contributed by atoms with E-state index in [9.17, 15) is 9.18 Å². The molecule has 0 saturated heterocycles. The number of fused-ring (bicyclic) bond motifs is 1. The molecule has 1 aromatic heterocycles. The Morgan fingerprint density at radius 1 is 1.39 bits per heavy atom. The third-order valence-electron chi connectivity index (χ3n) is 3.73. The monoisotopic (exact) mass is 320 g/mol. The van der Waals surface area contributed by atoms with Gasteiger partial charge in [0.2, 0.25) is 0 Å². The molecule has 1 atom stereocenters. The van der Waals surface area contributed by atoms with Crippen molar-refractivity contribution in [3.63, 3.8) is 0 Å². The molecule has 2 aromatic rings. The molecule has 0 spiro atoms. The van der Waals surface area contributed by atoms with Gasteiger partial charge in [0.15, 0.2) is 0 Å². The van der Waals surface area contributed by atoms with Crippen LogP contribution in [-0.2, 0) is 0 Å². The Balaban J connectivity index is 2.16. The second-order valence-corrected chi connectivity index (χ2v) is 7.32. The Morgan fingerprint density at radius 3 is 2.65 bits per heavy atom. The molecule has 1 aromatic carbocycles. The number of nitrogens with one attached hydrogen (secondary N) is 1. The van der Waals surface area contributed by atoms with Gasteiger partial charge in [-0.15, -0.1) is 0 Å². The molecule has 4 nitrogen and oxygen atoms in total. The number of furan rings is 1. The highest BCUT2D eigenvalue weighted by Crippen LogP contribution is 2.30. The van der Waals surface area contributed by atoms with Crippen molar-refractivity contribution < 1.29 is 13.6 Å². The van der Waals surface area contributed by atoms with Crippen molar-refractivity contribution in [3.8, 4) is 0 Å². The van der Waals surface area contributed by atoms with Crippen LogP contribution in [-0.4, -0.2) is 24.5 Å². The van der Waals surface area contributed by atoms with Gasteiger partial charge in [0.05, 0.1) is 6.04 Å². The molecule has 0 aliphatic heterocycles. The van der Waals surface area contributed by atoms with Crippen LogP contribution < -0.4 is 5.32 Å². The minimum absolute atomic E-state index is 0.0299. The van der Waals surface area contributed by atoms with Crippen LogP contribution in [0.5, 0.6) is 0 Å². The van der Waals surface area contributed by atoms with Crippen LogP contribution in [0, 0.1) is 18.2 Å². The van der Waals surface area contributed by atoms with Crippen molar-refractivity contribution >= 4 is 17.0 Å². The summed E-state index contributed by atoms with van der Waals surface area (Å²) in [6, 6.07) is 3.99. The second kappa shape index (κ2) is 6.22. The molecule has 0 bridgehead atoms. The maximum atomic E-state index is 13.4. The number of hydrogen-bond donors (Lipinski definition) is 1. The molecular formula is C18H25FN2O2. The Bertz CT molecular complexity index is 716. The molecule has 126 valence electrons. The first kappa shape index (κ1) is 17.3. The summed E-state index contributed by atoms with van der Waals surface area (Å²) in [6.45, 7) is 10.6. The molecule has 0 aliphatic carbocycles. The molecule has 2 rings (SSSR count). The minimum Gasteiger partial charge on any atom is -0.459 e. The fourth-order valence-corrected chi connectivity index (χ4v) is 2.77. The van der Waals surface area contributed by atoms with Crippen molar-refractivity contribution in [3.05, 3.63) is 35.3 Å². The van der Waals surface area contributed by atoms with Crippen LogP contribution in [0.2, 0.25) is 0 Å². The lowest BCUT2D eigenvalue weighted by Crippen LogP contribution is -2.42. The normalized spacial score (nSPS) is 13.2. The lowest BCUT2D eigenvalue weighted by Gasteiger charge is -2.27. The molecule has 2 amide bonds. The average Bonchev–Trinajstić information content (AvgIpc) is 2.74. The predicted molar refractivity (Wildman–Crippen MR) is 89.9 cm³/mol.